The highest BCUT2D eigenvalue weighted by atomic mass is 28.4. The van der Waals surface area contributed by atoms with E-state index in [-0.39, 0.29) is 17.4 Å². The number of hydrogen-bond donors (Lipinski definition) is 1. The zero-order valence-corrected chi connectivity index (χ0v) is 19.0. The average Bonchev–Trinajstić information content (AvgIpc) is 2.50. The van der Waals surface area contributed by atoms with Crippen LogP contribution in [0.25, 0.3) is 0 Å². The largest absolute Gasteiger partial charge is 0.444 e. The molecule has 5 nitrogen and oxygen atoms in total. The molecule has 0 heterocycles. The number of rotatable bonds is 7. The van der Waals surface area contributed by atoms with Gasteiger partial charge in [0.2, 0.25) is 0 Å². The van der Waals surface area contributed by atoms with Crippen LogP contribution in [0.5, 0.6) is 0 Å². The van der Waals surface area contributed by atoms with E-state index in [0.717, 1.165) is 5.56 Å². The van der Waals surface area contributed by atoms with E-state index in [4.69, 9.17) is 9.16 Å². The Kier molecular flexibility index (Phi) is 7.81. The predicted molar refractivity (Wildman–Crippen MR) is 111 cm³/mol. The highest BCUT2D eigenvalue weighted by molar-refractivity contribution is 6.74. The highest BCUT2D eigenvalue weighted by Gasteiger charge is 2.38. The van der Waals surface area contributed by atoms with Gasteiger partial charge in [0.05, 0.1) is 12.6 Å². The number of Topliss-reactive ketones (excluding diaryl/α,β-unsaturated/α-hetero) is 1. The fourth-order valence-electron chi connectivity index (χ4n) is 2.11. The van der Waals surface area contributed by atoms with Crippen molar-refractivity contribution in [1.29, 1.82) is 0 Å². The summed E-state index contributed by atoms with van der Waals surface area (Å²) < 4.78 is 11.4. The van der Waals surface area contributed by atoms with Crippen LogP contribution in [0.4, 0.5) is 4.79 Å². The topological polar surface area (TPSA) is 64.6 Å². The summed E-state index contributed by atoms with van der Waals surface area (Å²) in [6.07, 6.45) is -0.191. The minimum atomic E-state index is -2.05. The predicted octanol–water partition coefficient (Wildman–Crippen LogP) is 4.71. The molecule has 1 atom stereocenters. The first kappa shape index (κ1) is 23.4. The molecule has 0 aromatic heterocycles. The molecule has 0 bridgehead atoms. The Hall–Kier alpha value is -1.66. The molecule has 6 heteroatoms. The molecule has 0 aliphatic heterocycles. The van der Waals surface area contributed by atoms with Gasteiger partial charge in [0.25, 0.3) is 0 Å². The number of nitrogens with one attached hydrogen (secondary N) is 1. The third-order valence-electron chi connectivity index (χ3n) is 4.74. The number of alkyl carbamates (subject to hydrolysis) is 1. The first-order chi connectivity index (χ1) is 12.2. The van der Waals surface area contributed by atoms with Crippen LogP contribution in [0.1, 0.15) is 47.1 Å². The second-order valence-corrected chi connectivity index (χ2v) is 14.2. The Labute approximate surface area is 165 Å². The van der Waals surface area contributed by atoms with Crippen molar-refractivity contribution in [2.24, 2.45) is 0 Å². The molecule has 1 aromatic rings. The van der Waals surface area contributed by atoms with Crippen LogP contribution in [0.2, 0.25) is 18.1 Å². The monoisotopic (exact) mass is 393 g/mol. The Bertz CT molecular complexity index is 630. The van der Waals surface area contributed by atoms with Gasteiger partial charge >= 0.3 is 6.09 Å². The lowest BCUT2D eigenvalue weighted by Crippen LogP contribution is -2.48. The SMILES string of the molecule is CC(C)(C)OC(=O)NC(Cc1ccccc1)C(=O)CO[Si](C)(C)C(C)(C)C. The van der Waals surface area contributed by atoms with Gasteiger partial charge in [-0.05, 0) is 50.9 Å². The van der Waals surface area contributed by atoms with Gasteiger partial charge in [0.1, 0.15) is 5.60 Å². The van der Waals surface area contributed by atoms with E-state index in [0.29, 0.717) is 6.42 Å². The van der Waals surface area contributed by atoms with Crippen molar-refractivity contribution in [2.45, 2.75) is 77.7 Å². The quantitative estimate of drug-likeness (QED) is 0.681. The highest BCUT2D eigenvalue weighted by Crippen LogP contribution is 2.36. The van der Waals surface area contributed by atoms with Crippen LogP contribution in [0, 0.1) is 0 Å². The summed E-state index contributed by atoms with van der Waals surface area (Å²) in [5.41, 5.74) is 0.349. The van der Waals surface area contributed by atoms with E-state index >= 15 is 0 Å². The number of hydrogen-bond acceptors (Lipinski definition) is 4. The summed E-state index contributed by atoms with van der Waals surface area (Å²) in [7, 11) is -2.05. The molecule has 1 N–H and O–H groups in total. The summed E-state index contributed by atoms with van der Waals surface area (Å²) in [6.45, 7) is 16.0. The maximum absolute atomic E-state index is 12.8. The maximum atomic E-state index is 12.8. The first-order valence-corrected chi connectivity index (χ1v) is 12.3. The second kappa shape index (κ2) is 9.02. The Morgan fingerprint density at radius 2 is 1.59 bits per heavy atom. The van der Waals surface area contributed by atoms with E-state index in [1.54, 1.807) is 20.8 Å². The number of ketones is 1. The lowest BCUT2D eigenvalue weighted by molar-refractivity contribution is -0.123. The van der Waals surface area contributed by atoms with Crippen LogP contribution >= 0.6 is 0 Å². The molecule has 1 aromatic carbocycles. The minimum Gasteiger partial charge on any atom is -0.444 e. The number of benzene rings is 1. The third-order valence-corrected chi connectivity index (χ3v) is 9.22. The Morgan fingerprint density at radius 1 is 1.04 bits per heavy atom. The minimum absolute atomic E-state index is 0.0101. The first-order valence-electron chi connectivity index (χ1n) is 9.41. The summed E-state index contributed by atoms with van der Waals surface area (Å²) in [4.78, 5) is 25.1. The Balaban J connectivity index is 2.86. The number of carbonyl (C=O) groups excluding carboxylic acids is 2. The lowest BCUT2D eigenvalue weighted by atomic mass is 10.0. The molecule has 0 saturated carbocycles. The van der Waals surface area contributed by atoms with Gasteiger partial charge in [-0.2, -0.15) is 0 Å². The summed E-state index contributed by atoms with van der Waals surface area (Å²) in [5, 5.41) is 2.74. The molecule has 1 amide bonds. The fraction of sp³-hybridized carbons (Fsp3) is 0.619. The van der Waals surface area contributed by atoms with Crippen molar-refractivity contribution in [1.82, 2.24) is 5.32 Å². The third kappa shape index (κ3) is 8.26. The zero-order chi connectivity index (χ0) is 20.9. The van der Waals surface area contributed by atoms with Crippen LogP contribution < -0.4 is 5.32 Å². The van der Waals surface area contributed by atoms with E-state index < -0.39 is 26.1 Å². The van der Waals surface area contributed by atoms with Crippen molar-refractivity contribution >= 4 is 20.2 Å². The molecular formula is C21H35NO4Si. The summed E-state index contributed by atoms with van der Waals surface area (Å²) >= 11 is 0. The molecule has 0 saturated heterocycles. The van der Waals surface area contributed by atoms with E-state index in [1.807, 2.05) is 30.3 Å². The lowest BCUT2D eigenvalue weighted by Gasteiger charge is -2.36. The normalized spacial score (nSPS) is 13.8. The standard InChI is InChI=1S/C21H35NO4Si/c1-20(2,3)26-19(24)22-17(14-16-12-10-9-11-13-16)18(23)15-25-27(7,8)21(4,5)6/h9-13,17H,14-15H2,1-8H3,(H,22,24). The zero-order valence-electron chi connectivity index (χ0n) is 18.0. The van der Waals surface area contributed by atoms with E-state index in [9.17, 15) is 9.59 Å². The molecule has 152 valence electrons. The summed E-state index contributed by atoms with van der Waals surface area (Å²) in [5.74, 6) is -0.144. The second-order valence-electron chi connectivity index (χ2n) is 9.40. The van der Waals surface area contributed by atoms with Crippen LogP contribution in [0.15, 0.2) is 30.3 Å². The van der Waals surface area contributed by atoms with Gasteiger partial charge < -0.3 is 14.5 Å². The van der Waals surface area contributed by atoms with Crippen molar-refractivity contribution in [3.8, 4) is 0 Å². The van der Waals surface area contributed by atoms with Crippen molar-refractivity contribution in [3.63, 3.8) is 0 Å². The van der Waals surface area contributed by atoms with Crippen molar-refractivity contribution in [2.75, 3.05) is 6.61 Å². The molecule has 0 fully saturated rings. The molecule has 0 aliphatic rings. The molecule has 1 rings (SSSR count). The van der Waals surface area contributed by atoms with Crippen LogP contribution in [-0.4, -0.2) is 38.4 Å². The molecule has 0 aliphatic carbocycles. The molecular weight excluding hydrogens is 358 g/mol. The molecule has 1 unspecified atom stereocenters. The summed E-state index contributed by atoms with van der Waals surface area (Å²) in [6, 6.07) is 8.93. The van der Waals surface area contributed by atoms with Crippen LogP contribution in [-0.2, 0) is 20.4 Å². The number of amides is 1. The fourth-order valence-corrected chi connectivity index (χ4v) is 3.05. The van der Waals surface area contributed by atoms with Gasteiger partial charge in [-0.25, -0.2) is 4.79 Å². The van der Waals surface area contributed by atoms with E-state index in [2.05, 4.69) is 39.2 Å². The maximum Gasteiger partial charge on any atom is 0.408 e. The van der Waals surface area contributed by atoms with Gasteiger partial charge in [-0.3, -0.25) is 4.79 Å². The smallest absolute Gasteiger partial charge is 0.408 e. The molecule has 27 heavy (non-hydrogen) atoms. The van der Waals surface area contributed by atoms with Crippen LogP contribution in [0.3, 0.4) is 0 Å². The van der Waals surface area contributed by atoms with E-state index in [1.165, 1.54) is 0 Å². The Morgan fingerprint density at radius 3 is 2.07 bits per heavy atom. The van der Waals surface area contributed by atoms with Crippen molar-refractivity contribution < 1.29 is 18.8 Å². The van der Waals surface area contributed by atoms with Crippen molar-refractivity contribution in [3.05, 3.63) is 35.9 Å². The van der Waals surface area contributed by atoms with Gasteiger partial charge in [-0.15, -0.1) is 0 Å². The van der Waals surface area contributed by atoms with Gasteiger partial charge in [-0.1, -0.05) is 51.1 Å². The van der Waals surface area contributed by atoms with Gasteiger partial charge in [0.15, 0.2) is 14.1 Å². The molecule has 0 spiro atoms. The molecule has 0 radical (unpaired) electrons. The number of ether oxygens (including phenoxy) is 1. The average molecular weight is 394 g/mol. The van der Waals surface area contributed by atoms with Gasteiger partial charge in [0, 0.05) is 0 Å². The number of carbonyl (C=O) groups is 2.